The van der Waals surface area contributed by atoms with Gasteiger partial charge in [0.1, 0.15) is 6.79 Å². The molecule has 0 N–H and O–H groups in total. The van der Waals surface area contributed by atoms with Crippen molar-refractivity contribution in [1.29, 1.82) is 0 Å². The number of rotatable bonds is 2. The maximum atomic E-state index is 5.38. The predicted molar refractivity (Wildman–Crippen MR) is 122 cm³/mol. The largest absolute Gasteiger partial charge is 0.350 e. The van der Waals surface area contributed by atoms with E-state index in [4.69, 9.17) is 9.47 Å². The lowest BCUT2D eigenvalue weighted by Gasteiger charge is -2.40. The predicted octanol–water partition coefficient (Wildman–Crippen LogP) is 7.61. The van der Waals surface area contributed by atoms with Crippen molar-refractivity contribution in [3.8, 4) is 0 Å². The van der Waals surface area contributed by atoms with E-state index in [0.717, 1.165) is 5.92 Å². The van der Waals surface area contributed by atoms with Crippen molar-refractivity contribution in [3.63, 3.8) is 0 Å². The Morgan fingerprint density at radius 1 is 0.714 bits per heavy atom. The van der Waals surface area contributed by atoms with Crippen LogP contribution in [-0.2, 0) is 15.9 Å². The average molecular weight is 391 g/mol. The molecular weight excluding hydrogens is 344 g/mol. The van der Waals surface area contributed by atoms with Gasteiger partial charge in [0.05, 0.1) is 11.2 Å². The van der Waals surface area contributed by atoms with Gasteiger partial charge in [0.15, 0.2) is 0 Å². The monoisotopic (exact) mass is 390 g/mol. The second-order valence-corrected chi connectivity index (χ2v) is 12.4. The van der Waals surface area contributed by atoms with Gasteiger partial charge in [0.2, 0.25) is 0 Å². The van der Waals surface area contributed by atoms with E-state index in [-0.39, 0.29) is 11.2 Å². The molecule has 2 unspecified atom stereocenters. The molecule has 0 fully saturated rings. The summed E-state index contributed by atoms with van der Waals surface area (Å²) in [5.41, 5.74) is 3.70. The van der Waals surface area contributed by atoms with Gasteiger partial charge < -0.3 is 9.47 Å². The van der Waals surface area contributed by atoms with Gasteiger partial charge in [-0.2, -0.15) is 0 Å². The summed E-state index contributed by atoms with van der Waals surface area (Å²) in [5, 5.41) is 0. The van der Waals surface area contributed by atoms with Crippen LogP contribution in [0.2, 0.25) is 0 Å². The topological polar surface area (TPSA) is 18.5 Å². The number of fused-ring (bicyclic) bond motifs is 1. The zero-order valence-electron chi connectivity index (χ0n) is 20.7. The second kappa shape index (κ2) is 8.88. The maximum absolute atomic E-state index is 5.38. The smallest absolute Gasteiger partial charge is 0.148 e. The highest BCUT2D eigenvalue weighted by atomic mass is 16.7. The van der Waals surface area contributed by atoms with E-state index in [0.29, 0.717) is 23.5 Å². The summed E-state index contributed by atoms with van der Waals surface area (Å²) < 4.78 is 10.8. The van der Waals surface area contributed by atoms with Crippen LogP contribution in [0.3, 0.4) is 0 Å². The minimum atomic E-state index is -0.106. The SMILES string of the molecule is CC(C)(C)C1Cc2ccccc2C1C(C)(C)C.CC(C)(C)OCOC(C)(C)C. The van der Waals surface area contributed by atoms with Gasteiger partial charge >= 0.3 is 0 Å². The fraction of sp³-hybridized carbons (Fsp3) is 0.769. The standard InChI is InChI=1S/C17H26.C9H20O2/c1-16(2,3)14-11-12-9-7-8-10-13(12)15(14)17(4,5)6;1-8(2,3)10-7-11-9(4,5)6/h7-10,14-15H,11H2,1-6H3;7H2,1-6H3. The Morgan fingerprint density at radius 3 is 1.57 bits per heavy atom. The minimum Gasteiger partial charge on any atom is -0.350 e. The van der Waals surface area contributed by atoms with Crippen LogP contribution in [0.5, 0.6) is 0 Å². The first-order chi connectivity index (χ1) is 12.4. The molecule has 0 aliphatic heterocycles. The summed E-state index contributed by atoms with van der Waals surface area (Å²) in [6.07, 6.45) is 1.25. The van der Waals surface area contributed by atoms with Gasteiger partial charge in [0.25, 0.3) is 0 Å². The number of ether oxygens (including phenoxy) is 2. The lowest BCUT2D eigenvalue weighted by atomic mass is 9.65. The average Bonchev–Trinajstić information content (AvgIpc) is 2.84. The molecule has 1 aliphatic carbocycles. The van der Waals surface area contributed by atoms with Crippen molar-refractivity contribution in [2.45, 2.75) is 107 Å². The molecule has 2 rings (SSSR count). The molecule has 0 saturated heterocycles. The number of benzene rings is 1. The highest BCUT2D eigenvalue weighted by Crippen LogP contribution is 2.54. The quantitative estimate of drug-likeness (QED) is 0.484. The van der Waals surface area contributed by atoms with Crippen LogP contribution >= 0.6 is 0 Å². The molecule has 162 valence electrons. The highest BCUT2D eigenvalue weighted by Gasteiger charge is 2.44. The Balaban J connectivity index is 0.000000311. The van der Waals surface area contributed by atoms with E-state index in [1.54, 1.807) is 11.1 Å². The third-order valence-corrected chi connectivity index (χ3v) is 5.26. The van der Waals surface area contributed by atoms with Crippen LogP contribution in [-0.4, -0.2) is 18.0 Å². The molecule has 0 saturated carbocycles. The van der Waals surface area contributed by atoms with Gasteiger partial charge in [-0.1, -0.05) is 65.8 Å². The van der Waals surface area contributed by atoms with Crippen LogP contribution in [0.4, 0.5) is 0 Å². The van der Waals surface area contributed by atoms with Gasteiger partial charge in [-0.05, 0) is 81.8 Å². The van der Waals surface area contributed by atoms with Crippen LogP contribution in [0.25, 0.3) is 0 Å². The van der Waals surface area contributed by atoms with Crippen molar-refractivity contribution in [3.05, 3.63) is 35.4 Å². The van der Waals surface area contributed by atoms with E-state index in [2.05, 4.69) is 65.8 Å². The molecule has 0 spiro atoms. The normalized spacial score (nSPS) is 20.4. The molecule has 0 amide bonds. The van der Waals surface area contributed by atoms with Crippen LogP contribution in [0.15, 0.2) is 24.3 Å². The first-order valence-corrected chi connectivity index (χ1v) is 10.8. The fourth-order valence-electron chi connectivity index (χ4n) is 3.85. The Labute approximate surface area is 175 Å². The Hall–Kier alpha value is -0.860. The zero-order chi connectivity index (χ0) is 22.0. The van der Waals surface area contributed by atoms with Crippen molar-refractivity contribution in [2.24, 2.45) is 16.7 Å². The third-order valence-electron chi connectivity index (χ3n) is 5.26. The number of hydrogen-bond acceptors (Lipinski definition) is 2. The molecule has 1 aliphatic rings. The fourth-order valence-corrected chi connectivity index (χ4v) is 3.85. The molecule has 2 atom stereocenters. The molecule has 0 radical (unpaired) electrons. The zero-order valence-corrected chi connectivity index (χ0v) is 20.7. The highest BCUT2D eigenvalue weighted by molar-refractivity contribution is 5.38. The first-order valence-electron chi connectivity index (χ1n) is 10.8. The molecule has 0 bridgehead atoms. The van der Waals surface area contributed by atoms with Gasteiger partial charge in [-0.15, -0.1) is 0 Å². The van der Waals surface area contributed by atoms with Crippen molar-refractivity contribution in [1.82, 2.24) is 0 Å². The van der Waals surface area contributed by atoms with Gasteiger partial charge in [-0.3, -0.25) is 0 Å². The van der Waals surface area contributed by atoms with Gasteiger partial charge in [0, 0.05) is 0 Å². The minimum absolute atomic E-state index is 0.106. The van der Waals surface area contributed by atoms with E-state index < -0.39 is 0 Å². The Morgan fingerprint density at radius 2 is 1.18 bits per heavy atom. The van der Waals surface area contributed by atoms with E-state index in [1.807, 2.05) is 41.5 Å². The summed E-state index contributed by atoms with van der Waals surface area (Å²) >= 11 is 0. The summed E-state index contributed by atoms with van der Waals surface area (Å²) in [6, 6.07) is 9.04. The molecule has 0 heterocycles. The Kier molecular flexibility index (Phi) is 7.98. The summed E-state index contributed by atoms with van der Waals surface area (Å²) in [7, 11) is 0. The van der Waals surface area contributed by atoms with Crippen LogP contribution in [0, 0.1) is 16.7 Å². The first kappa shape index (κ1) is 25.2. The van der Waals surface area contributed by atoms with Crippen molar-refractivity contribution < 1.29 is 9.47 Å². The lowest BCUT2D eigenvalue weighted by molar-refractivity contribution is -0.163. The molecule has 2 heteroatoms. The lowest BCUT2D eigenvalue weighted by Crippen LogP contribution is -2.31. The summed E-state index contributed by atoms with van der Waals surface area (Å²) in [5.74, 6) is 1.46. The number of hydrogen-bond donors (Lipinski definition) is 0. The molecule has 1 aromatic rings. The van der Waals surface area contributed by atoms with E-state index in [1.165, 1.54) is 6.42 Å². The van der Waals surface area contributed by atoms with Crippen molar-refractivity contribution >= 4 is 0 Å². The molecular formula is C26H46O2. The second-order valence-electron chi connectivity index (χ2n) is 12.4. The summed E-state index contributed by atoms with van der Waals surface area (Å²) in [6.45, 7) is 26.8. The molecule has 28 heavy (non-hydrogen) atoms. The van der Waals surface area contributed by atoms with Crippen LogP contribution in [0.1, 0.15) is 100 Å². The van der Waals surface area contributed by atoms with Crippen LogP contribution < -0.4 is 0 Å². The summed E-state index contributed by atoms with van der Waals surface area (Å²) in [4.78, 5) is 0. The van der Waals surface area contributed by atoms with E-state index >= 15 is 0 Å². The Bertz CT molecular complexity index is 589. The third kappa shape index (κ3) is 8.25. The molecule has 1 aromatic carbocycles. The maximum Gasteiger partial charge on any atom is 0.148 e. The van der Waals surface area contributed by atoms with E-state index in [9.17, 15) is 0 Å². The molecule has 2 nitrogen and oxygen atoms in total. The van der Waals surface area contributed by atoms with Gasteiger partial charge in [-0.25, -0.2) is 0 Å². The van der Waals surface area contributed by atoms with Crippen molar-refractivity contribution in [2.75, 3.05) is 6.79 Å². The molecule has 0 aromatic heterocycles.